The number of carbonyl (C=O) groups excluding carboxylic acids is 11. The highest BCUT2D eigenvalue weighted by atomic mass is 16.6. The van der Waals surface area contributed by atoms with Crippen LogP contribution in [-0.2, 0) is 85.9 Å². The summed E-state index contributed by atoms with van der Waals surface area (Å²) in [7, 11) is 0. The van der Waals surface area contributed by atoms with Crippen molar-refractivity contribution in [2.75, 3.05) is 0 Å². The van der Waals surface area contributed by atoms with Crippen LogP contribution in [0.25, 0.3) is 0 Å². The second-order valence-electron chi connectivity index (χ2n) is 21.9. The molecule has 15 atom stereocenters. The Morgan fingerprint density at radius 3 is 1.39 bits per heavy atom. The number of ketones is 4. The number of Topliss-reactive ketones (excluding diaryl/α,β-unsaturated/α-hetero) is 4. The van der Waals surface area contributed by atoms with E-state index in [2.05, 4.69) is 0 Å². The zero-order valence-electron chi connectivity index (χ0n) is 42.3. The van der Waals surface area contributed by atoms with Crippen molar-refractivity contribution in [1.29, 1.82) is 0 Å². The van der Waals surface area contributed by atoms with Gasteiger partial charge in [-0.05, 0) is 66.4 Å². The molecule has 4 fully saturated rings. The molecule has 0 saturated heterocycles. The van der Waals surface area contributed by atoms with Crippen molar-refractivity contribution in [3.8, 4) is 0 Å². The SMILES string of the molecule is CC(=O)O[C@@H]1[C@@H]2CC(=O)C(C)=C([C@@H](OC(C)=O)[C@H](OC(C)=O)[C@]3(C)C(=O)C[C@H]4C(=CO[C@@H]5CC(=O)[C@@]6(C)[C@@H](OC(C)=O)[C@H](OC(C)=O)C7=C(C)C(=O)C[C@@H]([C@@H](OC(C)=O)[C@@H]6[C@@]54C=O)C7(C)C)[C@@H]13)C2(C)C. The first-order valence-electron chi connectivity index (χ1n) is 23.8. The number of ether oxygens (including phenoxy) is 7. The van der Waals surface area contributed by atoms with Gasteiger partial charge in [0, 0.05) is 96.8 Å². The second-order valence-corrected chi connectivity index (χ2v) is 21.9. The predicted molar refractivity (Wildman–Crippen MR) is 240 cm³/mol. The van der Waals surface area contributed by atoms with Gasteiger partial charge in [-0.1, -0.05) is 27.7 Å². The van der Waals surface area contributed by atoms with Crippen LogP contribution in [0.3, 0.4) is 0 Å². The molecular weight excluding hydrogens is 913 g/mol. The second kappa shape index (κ2) is 17.5. The monoisotopic (exact) mass is 976 g/mol. The van der Waals surface area contributed by atoms with Crippen LogP contribution in [0.15, 0.2) is 34.1 Å². The maximum Gasteiger partial charge on any atom is 0.303 e. The Hall–Kier alpha value is -5.81. The molecule has 6 aliphatic carbocycles. The van der Waals surface area contributed by atoms with Gasteiger partial charge in [-0.15, -0.1) is 0 Å². The molecule has 0 N–H and O–H groups in total. The van der Waals surface area contributed by atoms with Gasteiger partial charge >= 0.3 is 35.8 Å². The minimum atomic E-state index is -2.15. The van der Waals surface area contributed by atoms with E-state index in [0.717, 1.165) is 41.5 Å². The highest BCUT2D eigenvalue weighted by molar-refractivity contribution is 5.99. The number of aldehydes is 1. The lowest BCUT2D eigenvalue weighted by Crippen LogP contribution is -2.75. The lowest BCUT2D eigenvalue weighted by atomic mass is 9.38. The minimum absolute atomic E-state index is 0.157. The lowest BCUT2D eigenvalue weighted by Gasteiger charge is -2.66. The summed E-state index contributed by atoms with van der Waals surface area (Å²) in [5.41, 5.74) is -7.75. The summed E-state index contributed by atoms with van der Waals surface area (Å²) >= 11 is 0. The molecule has 4 saturated carbocycles. The van der Waals surface area contributed by atoms with E-state index in [9.17, 15) is 38.4 Å². The minimum Gasteiger partial charge on any atom is -0.497 e. The van der Waals surface area contributed by atoms with Gasteiger partial charge in [-0.25, -0.2) is 0 Å². The Morgan fingerprint density at radius 2 is 0.957 bits per heavy atom. The van der Waals surface area contributed by atoms with Crippen molar-refractivity contribution < 1.29 is 85.9 Å². The molecule has 0 aromatic heterocycles. The summed E-state index contributed by atoms with van der Waals surface area (Å²) < 4.78 is 43.8. The first-order chi connectivity index (χ1) is 32.4. The van der Waals surface area contributed by atoms with Crippen LogP contribution in [0, 0.1) is 56.7 Å². The fraction of sp³-hybridized carbons (Fsp3) is 0.673. The summed E-state index contributed by atoms with van der Waals surface area (Å²) in [4.78, 5) is 156. The summed E-state index contributed by atoms with van der Waals surface area (Å²) in [6.45, 7) is 19.7. The van der Waals surface area contributed by atoms with Crippen LogP contribution < -0.4 is 0 Å². The number of rotatable bonds is 7. The molecule has 0 radical (unpaired) electrons. The predicted octanol–water partition coefficient (Wildman–Crippen LogP) is 4.74. The number of fused-ring (bicyclic) bond motifs is 11. The Kier molecular flexibility index (Phi) is 13.0. The van der Waals surface area contributed by atoms with Crippen LogP contribution in [-0.4, -0.2) is 108 Å². The first-order valence-corrected chi connectivity index (χ1v) is 23.8. The molecule has 0 unspecified atom stereocenters. The van der Waals surface area contributed by atoms with Crippen LogP contribution in [0.2, 0.25) is 0 Å². The van der Waals surface area contributed by atoms with Crippen molar-refractivity contribution in [2.24, 2.45) is 56.7 Å². The topological polar surface area (TPSA) is 252 Å². The number of allylic oxidation sites excluding steroid dienone is 2. The van der Waals surface area contributed by atoms with Crippen molar-refractivity contribution in [2.45, 2.75) is 165 Å². The van der Waals surface area contributed by atoms with Gasteiger partial charge < -0.3 is 38.0 Å². The molecule has 0 aromatic rings. The van der Waals surface area contributed by atoms with Crippen LogP contribution in [0.5, 0.6) is 0 Å². The molecule has 1 aliphatic heterocycles. The van der Waals surface area contributed by atoms with Crippen molar-refractivity contribution in [3.63, 3.8) is 0 Å². The van der Waals surface area contributed by atoms with Crippen LogP contribution >= 0.6 is 0 Å². The standard InChI is InChI=1S/C52H64O18/c1-21-33(60)15-31-41(65-23(3)54)40-29-19-64-37-18-36(63)51(14)45(42(66-24(4)55)32-16-34(61)22(2)39(49(32,11)12)44(68-26(6)57)47(51)70-28(8)59)52(37,20-53)30(29)17-35(62)50(40,13)46(69-27(7)58)43(67-25(5)56)38(21)48(31,9)10/h19-20,30-32,37,40-47H,15-18H2,1-14H3/t30-,31-,32-,37+,40-,41+,42+,43+,44+,45-,46-,47-,50+,51+,52+/m0/s1. The number of hydrogen-bond donors (Lipinski definition) is 0. The van der Waals surface area contributed by atoms with E-state index in [0.29, 0.717) is 6.29 Å². The van der Waals surface area contributed by atoms with Crippen LogP contribution in [0.1, 0.15) is 123 Å². The van der Waals surface area contributed by atoms with Gasteiger partial charge in [-0.2, -0.15) is 0 Å². The number of esters is 6. The van der Waals surface area contributed by atoms with E-state index in [4.69, 9.17) is 33.2 Å². The molecule has 18 heteroatoms. The van der Waals surface area contributed by atoms with Gasteiger partial charge in [0.1, 0.15) is 36.2 Å². The van der Waals surface area contributed by atoms with Crippen molar-refractivity contribution >= 4 is 65.2 Å². The smallest absolute Gasteiger partial charge is 0.303 e. The molecule has 7 aliphatic rings. The molecule has 1 heterocycles. The highest BCUT2D eigenvalue weighted by Gasteiger charge is 2.78. The highest BCUT2D eigenvalue weighted by Crippen LogP contribution is 2.70. The molecule has 0 spiro atoms. The maximum absolute atomic E-state index is 16.0. The van der Waals surface area contributed by atoms with Crippen LogP contribution in [0.4, 0.5) is 0 Å². The fourth-order valence-corrected chi connectivity index (χ4v) is 14.7. The molecule has 0 aromatic carbocycles. The Labute approximate surface area is 406 Å². The van der Waals surface area contributed by atoms with Crippen molar-refractivity contribution in [3.05, 3.63) is 34.1 Å². The third kappa shape index (κ3) is 7.50. The molecule has 4 bridgehead atoms. The maximum atomic E-state index is 16.0. The lowest BCUT2D eigenvalue weighted by molar-refractivity contribution is -0.243. The summed E-state index contributed by atoms with van der Waals surface area (Å²) in [5.74, 6) is -13.8. The number of carbonyl (C=O) groups is 11. The van der Waals surface area contributed by atoms with E-state index in [-0.39, 0.29) is 40.7 Å². The normalized spacial score (nSPS) is 39.2. The van der Waals surface area contributed by atoms with E-state index < -0.39 is 171 Å². The van der Waals surface area contributed by atoms with Gasteiger partial charge in [0.25, 0.3) is 0 Å². The molecule has 7 rings (SSSR count). The Bertz CT molecular complexity index is 2500. The summed E-state index contributed by atoms with van der Waals surface area (Å²) in [6, 6.07) is 0. The first kappa shape index (κ1) is 52.0. The van der Waals surface area contributed by atoms with Gasteiger partial charge in [-0.3, -0.25) is 47.9 Å². The average Bonchev–Trinajstić information content (AvgIpc) is 3.22. The summed E-state index contributed by atoms with van der Waals surface area (Å²) in [5, 5.41) is 0. The molecule has 18 nitrogen and oxygen atoms in total. The molecule has 380 valence electrons. The molecule has 0 amide bonds. The largest absolute Gasteiger partial charge is 0.497 e. The van der Waals surface area contributed by atoms with Gasteiger partial charge in [0.15, 0.2) is 36.0 Å². The third-order valence-corrected chi connectivity index (χ3v) is 17.5. The third-order valence-electron chi connectivity index (χ3n) is 17.5. The van der Waals surface area contributed by atoms with Gasteiger partial charge in [0.2, 0.25) is 0 Å². The Morgan fingerprint density at radius 1 is 0.557 bits per heavy atom. The molecular formula is C52H64O18. The summed E-state index contributed by atoms with van der Waals surface area (Å²) in [6.07, 6.45) is -10.8. The Balaban J connectivity index is 1.61. The zero-order valence-corrected chi connectivity index (χ0v) is 42.3. The van der Waals surface area contributed by atoms with E-state index in [1.54, 1.807) is 34.6 Å². The van der Waals surface area contributed by atoms with Crippen molar-refractivity contribution in [1.82, 2.24) is 0 Å². The average molecular weight is 977 g/mol. The number of hydrogen-bond acceptors (Lipinski definition) is 18. The van der Waals surface area contributed by atoms with E-state index in [1.165, 1.54) is 27.0 Å². The quantitative estimate of drug-likeness (QED) is 0.190. The fourth-order valence-electron chi connectivity index (χ4n) is 14.7. The van der Waals surface area contributed by atoms with Gasteiger partial charge in [0.05, 0.1) is 22.5 Å². The molecule has 70 heavy (non-hydrogen) atoms. The van der Waals surface area contributed by atoms with E-state index in [1.807, 2.05) is 0 Å². The van der Waals surface area contributed by atoms with E-state index >= 15 is 14.4 Å². The zero-order chi connectivity index (χ0) is 52.3.